The summed E-state index contributed by atoms with van der Waals surface area (Å²) in [4.78, 5) is 0. The molecule has 0 bridgehead atoms. The van der Waals surface area contributed by atoms with Crippen molar-refractivity contribution in [3.8, 4) is 0 Å². The fourth-order valence-corrected chi connectivity index (χ4v) is 20.8. The minimum Gasteiger partial charge on any atom is -0.436 e. The van der Waals surface area contributed by atoms with Crippen molar-refractivity contribution < 1.29 is 21.8 Å². The Balaban J connectivity index is 4.96. The van der Waals surface area contributed by atoms with Gasteiger partial charge in [0.25, 0.3) is 0 Å². The van der Waals surface area contributed by atoms with E-state index in [1.165, 1.54) is 0 Å². The number of rotatable bonds is 15. The number of ether oxygens (including phenoxy) is 2. The SMILES string of the molecule is CC[Si](C)(C)O[Si](C)(C)O[Si](C)(CCCOCCOC)O[Si](C)(C)CC. The molecule has 0 spiro atoms. The zero-order valence-electron chi connectivity index (χ0n) is 19.0. The fourth-order valence-electron chi connectivity index (χ4n) is 2.80. The third-order valence-corrected chi connectivity index (χ3v) is 21.0. The van der Waals surface area contributed by atoms with Gasteiger partial charge in [0, 0.05) is 13.7 Å². The number of methoxy groups -OCH3 is 1. The molecule has 9 heteroatoms. The first kappa shape index (κ1) is 26.7. The molecule has 26 heavy (non-hydrogen) atoms. The van der Waals surface area contributed by atoms with Gasteiger partial charge in [-0.15, -0.1) is 0 Å². The molecule has 0 aliphatic carbocycles. The Morgan fingerprint density at radius 3 is 1.69 bits per heavy atom. The molecule has 0 heterocycles. The molecular formula is C17H44O5Si4. The van der Waals surface area contributed by atoms with Gasteiger partial charge in [0.05, 0.1) is 13.2 Å². The van der Waals surface area contributed by atoms with Crippen LogP contribution in [0.4, 0.5) is 0 Å². The van der Waals surface area contributed by atoms with Crippen LogP contribution in [0, 0.1) is 0 Å². The van der Waals surface area contributed by atoms with E-state index in [4.69, 9.17) is 21.8 Å². The molecule has 0 aliphatic rings. The van der Waals surface area contributed by atoms with E-state index in [0.29, 0.717) is 13.2 Å². The highest BCUT2D eigenvalue weighted by Gasteiger charge is 2.45. The Morgan fingerprint density at radius 2 is 1.19 bits per heavy atom. The van der Waals surface area contributed by atoms with Gasteiger partial charge in [-0.2, -0.15) is 0 Å². The highest BCUT2D eigenvalue weighted by atomic mass is 28.5. The molecule has 0 amide bonds. The normalized spacial score (nSPS) is 15.9. The van der Waals surface area contributed by atoms with Crippen LogP contribution in [0.2, 0.25) is 64.0 Å². The maximum Gasteiger partial charge on any atom is 0.315 e. The summed E-state index contributed by atoms with van der Waals surface area (Å²) in [6.07, 6.45) is 0.958. The van der Waals surface area contributed by atoms with Crippen molar-refractivity contribution in [3.63, 3.8) is 0 Å². The zero-order chi connectivity index (χ0) is 20.5. The monoisotopic (exact) mass is 440 g/mol. The first-order valence-electron chi connectivity index (χ1n) is 9.97. The van der Waals surface area contributed by atoms with Gasteiger partial charge in [-0.05, 0) is 70.4 Å². The summed E-state index contributed by atoms with van der Waals surface area (Å²) in [6.45, 7) is 22.2. The topological polar surface area (TPSA) is 46.2 Å². The molecule has 0 aromatic heterocycles. The van der Waals surface area contributed by atoms with Crippen LogP contribution >= 0.6 is 0 Å². The van der Waals surface area contributed by atoms with E-state index in [1.54, 1.807) is 7.11 Å². The molecule has 0 aromatic carbocycles. The zero-order valence-corrected chi connectivity index (χ0v) is 23.0. The maximum atomic E-state index is 6.75. The van der Waals surface area contributed by atoms with Crippen LogP contribution in [-0.4, -0.2) is 60.7 Å². The van der Waals surface area contributed by atoms with Crippen LogP contribution < -0.4 is 0 Å². The Labute approximate surface area is 166 Å². The molecule has 0 radical (unpaired) electrons. The van der Waals surface area contributed by atoms with E-state index >= 15 is 0 Å². The maximum absolute atomic E-state index is 6.75. The van der Waals surface area contributed by atoms with Gasteiger partial charge in [-0.25, -0.2) is 0 Å². The summed E-state index contributed by atoms with van der Waals surface area (Å²) in [5.41, 5.74) is 0. The van der Waals surface area contributed by atoms with Crippen molar-refractivity contribution in [3.05, 3.63) is 0 Å². The van der Waals surface area contributed by atoms with E-state index in [-0.39, 0.29) is 0 Å². The molecular weight excluding hydrogens is 397 g/mol. The summed E-state index contributed by atoms with van der Waals surface area (Å²) < 4.78 is 30.7. The van der Waals surface area contributed by atoms with Gasteiger partial charge in [-0.3, -0.25) is 0 Å². The predicted molar refractivity (Wildman–Crippen MR) is 120 cm³/mol. The van der Waals surface area contributed by atoms with Crippen LogP contribution in [-0.2, 0) is 21.8 Å². The quantitative estimate of drug-likeness (QED) is 0.255. The Hall–Kier alpha value is 0.668. The molecule has 0 aromatic rings. The van der Waals surface area contributed by atoms with Crippen LogP contribution in [0.25, 0.3) is 0 Å². The molecule has 158 valence electrons. The van der Waals surface area contributed by atoms with Crippen molar-refractivity contribution in [2.45, 2.75) is 84.2 Å². The molecule has 1 atom stereocenters. The van der Waals surface area contributed by atoms with E-state index in [2.05, 4.69) is 59.7 Å². The minimum atomic E-state index is -2.31. The third-order valence-electron chi connectivity index (χ3n) is 4.53. The second-order valence-corrected chi connectivity index (χ2v) is 25.2. The number of hydrogen-bond donors (Lipinski definition) is 0. The van der Waals surface area contributed by atoms with Crippen LogP contribution in [0.1, 0.15) is 20.3 Å². The standard InChI is InChI=1S/C17H44O5Si4/c1-11-23(4,5)20-25(8,9)22-26(10,21-24(6,7)12-2)17-13-14-19-16-15-18-3/h11-17H2,1-10H3. The molecule has 1 unspecified atom stereocenters. The van der Waals surface area contributed by atoms with Gasteiger partial charge in [0.15, 0.2) is 16.6 Å². The highest BCUT2D eigenvalue weighted by molar-refractivity contribution is 6.89. The van der Waals surface area contributed by atoms with Gasteiger partial charge in [0.1, 0.15) is 0 Å². The second kappa shape index (κ2) is 11.6. The fraction of sp³-hybridized carbons (Fsp3) is 1.00. The predicted octanol–water partition coefficient (Wildman–Crippen LogP) is 5.31. The Morgan fingerprint density at radius 1 is 0.654 bits per heavy atom. The molecule has 0 saturated carbocycles. The summed E-state index contributed by atoms with van der Waals surface area (Å²) in [5, 5.41) is 0. The van der Waals surface area contributed by atoms with E-state index in [1.807, 2.05) is 0 Å². The van der Waals surface area contributed by atoms with Gasteiger partial charge >= 0.3 is 17.1 Å². The lowest BCUT2D eigenvalue weighted by atomic mass is 10.5. The lowest BCUT2D eigenvalue weighted by molar-refractivity contribution is 0.0703. The first-order chi connectivity index (χ1) is 11.8. The van der Waals surface area contributed by atoms with E-state index < -0.39 is 33.8 Å². The van der Waals surface area contributed by atoms with E-state index in [0.717, 1.165) is 31.2 Å². The van der Waals surface area contributed by atoms with Crippen molar-refractivity contribution >= 4 is 33.8 Å². The smallest absolute Gasteiger partial charge is 0.315 e. The molecule has 0 saturated heterocycles. The van der Waals surface area contributed by atoms with Crippen LogP contribution in [0.3, 0.4) is 0 Å². The average Bonchev–Trinajstić information content (AvgIpc) is 2.48. The summed E-state index contributed by atoms with van der Waals surface area (Å²) >= 11 is 0. The number of hydrogen-bond acceptors (Lipinski definition) is 5. The molecule has 0 rings (SSSR count). The Kier molecular flexibility index (Phi) is 11.9. The second-order valence-electron chi connectivity index (χ2n) is 8.78. The van der Waals surface area contributed by atoms with E-state index in [9.17, 15) is 0 Å². The van der Waals surface area contributed by atoms with Gasteiger partial charge < -0.3 is 21.8 Å². The summed E-state index contributed by atoms with van der Waals surface area (Å²) in [5.74, 6) is 0. The van der Waals surface area contributed by atoms with Crippen molar-refractivity contribution in [1.29, 1.82) is 0 Å². The molecule has 0 fully saturated rings. The third kappa shape index (κ3) is 12.2. The molecule has 0 N–H and O–H groups in total. The lowest BCUT2D eigenvalue weighted by Crippen LogP contribution is -2.57. The lowest BCUT2D eigenvalue weighted by Gasteiger charge is -2.42. The van der Waals surface area contributed by atoms with Crippen molar-refractivity contribution in [1.82, 2.24) is 0 Å². The minimum absolute atomic E-state index is 0.641. The molecule has 5 nitrogen and oxygen atoms in total. The molecule has 0 aliphatic heterocycles. The van der Waals surface area contributed by atoms with Gasteiger partial charge in [0.2, 0.25) is 0 Å². The van der Waals surface area contributed by atoms with Crippen LogP contribution in [0.5, 0.6) is 0 Å². The largest absolute Gasteiger partial charge is 0.436 e. The summed E-state index contributed by atoms with van der Waals surface area (Å²) in [6, 6.07) is 3.15. The average molecular weight is 441 g/mol. The first-order valence-corrected chi connectivity index (χ1v) is 21.5. The van der Waals surface area contributed by atoms with Gasteiger partial charge in [-0.1, -0.05) is 13.8 Å². The summed E-state index contributed by atoms with van der Waals surface area (Å²) in [7, 11) is -6.21. The van der Waals surface area contributed by atoms with Crippen molar-refractivity contribution in [2.75, 3.05) is 26.9 Å². The highest BCUT2D eigenvalue weighted by Crippen LogP contribution is 2.29. The Bertz CT molecular complexity index is 393. The van der Waals surface area contributed by atoms with Crippen molar-refractivity contribution in [2.24, 2.45) is 0 Å². The van der Waals surface area contributed by atoms with Crippen LogP contribution in [0.15, 0.2) is 0 Å².